The number of anilines is 1. The Bertz CT molecular complexity index is 507. The maximum absolute atomic E-state index is 11.8. The average Bonchev–Trinajstić information content (AvgIpc) is 2.49. The summed E-state index contributed by atoms with van der Waals surface area (Å²) < 4.78 is 0. The summed E-state index contributed by atoms with van der Waals surface area (Å²) in [5, 5.41) is 4.95. The molecule has 0 spiro atoms. The SMILES string of the molecule is CCN1CCN(/C(=N\Nc2ccc(Cl)cc2)C(C)=O)CC1. The molecule has 5 nitrogen and oxygen atoms in total. The first-order chi connectivity index (χ1) is 10.1. The third kappa shape index (κ3) is 4.44. The average molecular weight is 309 g/mol. The third-order valence-corrected chi connectivity index (χ3v) is 3.82. The number of hydrazone groups is 1. The normalized spacial score (nSPS) is 16.9. The van der Waals surface area contributed by atoms with Gasteiger partial charge in [-0.3, -0.25) is 10.2 Å². The molecule has 1 heterocycles. The van der Waals surface area contributed by atoms with E-state index in [-0.39, 0.29) is 5.78 Å². The number of halogens is 1. The molecule has 0 bridgehead atoms. The Hall–Kier alpha value is -1.59. The number of rotatable bonds is 4. The van der Waals surface area contributed by atoms with E-state index in [1.54, 1.807) is 19.1 Å². The summed E-state index contributed by atoms with van der Waals surface area (Å²) in [6.07, 6.45) is 0. The van der Waals surface area contributed by atoms with E-state index in [4.69, 9.17) is 11.6 Å². The fourth-order valence-electron chi connectivity index (χ4n) is 2.29. The van der Waals surface area contributed by atoms with Gasteiger partial charge >= 0.3 is 0 Å². The molecule has 1 N–H and O–H groups in total. The van der Waals surface area contributed by atoms with Gasteiger partial charge in [-0.1, -0.05) is 18.5 Å². The highest BCUT2D eigenvalue weighted by Crippen LogP contribution is 2.13. The second kappa shape index (κ2) is 7.43. The van der Waals surface area contributed by atoms with Crippen LogP contribution in [0.5, 0.6) is 0 Å². The zero-order chi connectivity index (χ0) is 15.2. The zero-order valence-electron chi connectivity index (χ0n) is 12.5. The molecule has 114 valence electrons. The zero-order valence-corrected chi connectivity index (χ0v) is 13.2. The Labute approximate surface area is 130 Å². The van der Waals surface area contributed by atoms with Crippen LogP contribution in [0.15, 0.2) is 29.4 Å². The van der Waals surface area contributed by atoms with Gasteiger partial charge in [0, 0.05) is 38.1 Å². The summed E-state index contributed by atoms with van der Waals surface area (Å²) >= 11 is 5.84. The van der Waals surface area contributed by atoms with Gasteiger partial charge in [-0.25, -0.2) is 0 Å². The van der Waals surface area contributed by atoms with E-state index < -0.39 is 0 Å². The van der Waals surface area contributed by atoms with Gasteiger partial charge in [0.2, 0.25) is 0 Å². The van der Waals surface area contributed by atoms with Crippen LogP contribution in [0.25, 0.3) is 0 Å². The van der Waals surface area contributed by atoms with Crippen molar-refractivity contribution in [1.82, 2.24) is 9.80 Å². The van der Waals surface area contributed by atoms with Crippen molar-refractivity contribution in [2.24, 2.45) is 5.10 Å². The van der Waals surface area contributed by atoms with Crippen molar-refractivity contribution in [2.45, 2.75) is 13.8 Å². The van der Waals surface area contributed by atoms with Crippen molar-refractivity contribution in [3.8, 4) is 0 Å². The molecular formula is C15H21ClN4O. The van der Waals surface area contributed by atoms with Crippen LogP contribution in [0.1, 0.15) is 13.8 Å². The van der Waals surface area contributed by atoms with Gasteiger partial charge < -0.3 is 9.80 Å². The third-order valence-electron chi connectivity index (χ3n) is 3.57. The summed E-state index contributed by atoms with van der Waals surface area (Å²) in [4.78, 5) is 16.2. The molecule has 2 rings (SSSR count). The second-order valence-electron chi connectivity index (χ2n) is 5.03. The lowest BCUT2D eigenvalue weighted by molar-refractivity contribution is -0.111. The molecule has 0 aromatic heterocycles. The predicted octanol–water partition coefficient (Wildman–Crippen LogP) is 2.29. The molecule has 21 heavy (non-hydrogen) atoms. The highest BCUT2D eigenvalue weighted by atomic mass is 35.5. The molecule has 1 aliphatic rings. The molecule has 0 amide bonds. The van der Waals surface area contributed by atoms with Gasteiger partial charge in [-0.15, -0.1) is 0 Å². The lowest BCUT2D eigenvalue weighted by Gasteiger charge is -2.35. The molecule has 0 radical (unpaired) electrons. The van der Waals surface area contributed by atoms with Crippen LogP contribution in [0.4, 0.5) is 5.69 Å². The Morgan fingerprint density at radius 1 is 1.24 bits per heavy atom. The summed E-state index contributed by atoms with van der Waals surface area (Å²) in [6, 6.07) is 7.23. The van der Waals surface area contributed by atoms with Gasteiger partial charge in [-0.05, 0) is 30.8 Å². The highest BCUT2D eigenvalue weighted by Gasteiger charge is 2.21. The molecule has 6 heteroatoms. The van der Waals surface area contributed by atoms with Crippen molar-refractivity contribution in [2.75, 3.05) is 38.1 Å². The van der Waals surface area contributed by atoms with Gasteiger partial charge in [0.15, 0.2) is 11.6 Å². The lowest BCUT2D eigenvalue weighted by atomic mass is 10.2. The number of likely N-dealkylation sites (N-methyl/N-ethyl adjacent to an activating group) is 1. The standard InChI is InChI=1S/C15H21ClN4O/c1-3-19-8-10-20(11-9-19)15(12(2)21)18-17-14-6-4-13(16)5-7-14/h4-7,17H,3,8-11H2,1-2H3/b18-15-. The number of Topliss-reactive ketones (excluding diaryl/α,β-unsaturated/α-hetero) is 1. The number of nitrogens with zero attached hydrogens (tertiary/aromatic N) is 3. The summed E-state index contributed by atoms with van der Waals surface area (Å²) in [7, 11) is 0. The Kier molecular flexibility index (Phi) is 5.59. The second-order valence-corrected chi connectivity index (χ2v) is 5.47. The molecule has 0 aliphatic carbocycles. The van der Waals surface area contributed by atoms with Crippen molar-refractivity contribution >= 4 is 28.9 Å². The lowest BCUT2D eigenvalue weighted by Crippen LogP contribution is -2.50. The molecule has 1 aromatic carbocycles. The predicted molar refractivity (Wildman–Crippen MR) is 86.9 cm³/mol. The van der Waals surface area contributed by atoms with Crippen LogP contribution in [0.2, 0.25) is 5.02 Å². The van der Waals surface area contributed by atoms with Crippen LogP contribution in [-0.2, 0) is 4.79 Å². The van der Waals surface area contributed by atoms with E-state index in [1.165, 1.54) is 0 Å². The quantitative estimate of drug-likeness (QED) is 0.527. The van der Waals surface area contributed by atoms with E-state index in [0.717, 1.165) is 38.4 Å². The first kappa shape index (κ1) is 15.8. The number of carbonyl (C=O) groups excluding carboxylic acids is 1. The number of hydrogen-bond donors (Lipinski definition) is 1. The first-order valence-electron chi connectivity index (χ1n) is 7.17. The fourth-order valence-corrected chi connectivity index (χ4v) is 2.42. The topological polar surface area (TPSA) is 47.9 Å². The number of hydrogen-bond acceptors (Lipinski definition) is 4. The number of ketones is 1. The van der Waals surface area contributed by atoms with E-state index in [2.05, 4.69) is 22.4 Å². The first-order valence-corrected chi connectivity index (χ1v) is 7.55. The minimum atomic E-state index is -0.0265. The number of piperazine rings is 1. The van der Waals surface area contributed by atoms with Crippen molar-refractivity contribution in [3.05, 3.63) is 29.3 Å². The molecule has 1 saturated heterocycles. The Morgan fingerprint density at radius 3 is 2.38 bits per heavy atom. The maximum atomic E-state index is 11.8. The molecule has 0 saturated carbocycles. The van der Waals surface area contributed by atoms with Crippen LogP contribution < -0.4 is 5.43 Å². The van der Waals surface area contributed by atoms with E-state index in [1.807, 2.05) is 17.0 Å². The maximum Gasteiger partial charge on any atom is 0.196 e. The van der Waals surface area contributed by atoms with Gasteiger partial charge in [-0.2, -0.15) is 5.10 Å². The van der Waals surface area contributed by atoms with E-state index in [0.29, 0.717) is 10.9 Å². The largest absolute Gasteiger partial charge is 0.350 e. The van der Waals surface area contributed by atoms with Crippen LogP contribution in [0, 0.1) is 0 Å². The fraction of sp³-hybridized carbons (Fsp3) is 0.467. The molecule has 1 fully saturated rings. The highest BCUT2D eigenvalue weighted by molar-refractivity contribution is 6.38. The number of carbonyl (C=O) groups is 1. The minimum Gasteiger partial charge on any atom is -0.350 e. The summed E-state index contributed by atoms with van der Waals surface area (Å²) in [5.74, 6) is 0.460. The van der Waals surface area contributed by atoms with Crippen LogP contribution in [-0.4, -0.2) is 54.1 Å². The van der Waals surface area contributed by atoms with E-state index >= 15 is 0 Å². The molecular weight excluding hydrogens is 288 g/mol. The summed E-state index contributed by atoms with van der Waals surface area (Å²) in [5.41, 5.74) is 3.74. The monoisotopic (exact) mass is 308 g/mol. The molecule has 0 atom stereocenters. The minimum absolute atomic E-state index is 0.0265. The van der Waals surface area contributed by atoms with Gasteiger partial charge in [0.1, 0.15) is 0 Å². The molecule has 0 unspecified atom stereocenters. The van der Waals surface area contributed by atoms with Crippen molar-refractivity contribution in [3.63, 3.8) is 0 Å². The molecule has 1 aromatic rings. The molecule has 1 aliphatic heterocycles. The summed E-state index contributed by atoms with van der Waals surface area (Å²) in [6.45, 7) is 8.33. The Balaban J connectivity index is 2.03. The smallest absolute Gasteiger partial charge is 0.196 e. The van der Waals surface area contributed by atoms with Gasteiger partial charge in [0.05, 0.1) is 5.69 Å². The Morgan fingerprint density at radius 2 is 1.86 bits per heavy atom. The van der Waals surface area contributed by atoms with E-state index in [9.17, 15) is 4.79 Å². The van der Waals surface area contributed by atoms with Crippen molar-refractivity contribution in [1.29, 1.82) is 0 Å². The number of nitrogens with one attached hydrogen (secondary N) is 1. The number of benzene rings is 1. The van der Waals surface area contributed by atoms with Crippen LogP contribution in [0.3, 0.4) is 0 Å². The van der Waals surface area contributed by atoms with Gasteiger partial charge in [0.25, 0.3) is 0 Å². The number of amidine groups is 1. The van der Waals surface area contributed by atoms with Crippen LogP contribution >= 0.6 is 11.6 Å². The van der Waals surface area contributed by atoms with Crippen molar-refractivity contribution < 1.29 is 4.79 Å².